The fraction of sp³-hybridized carbons (Fsp3) is 0.409. The molecule has 0 aliphatic heterocycles. The number of nitrogens with two attached hydrogens (primary N) is 1. The molecular weight excluding hydrogens is 404 g/mol. The number of primary amides is 1. The van der Waals surface area contributed by atoms with Crippen LogP contribution in [0.15, 0.2) is 28.7 Å². The standard InChI is InChI=1S/C22H24N2O7/c1-8-4-12(24(2)3)11-6-9-5-10-7-13(25)16(21(23)30)20(29)22(10,31)19(28)14(9)18(27)15(11)17(8)26/h4,9-10,25-26,28,31H,5-7H2,1-3H3,(H2,23,30)/t9-,10+,22?/m1/s1. The van der Waals surface area contributed by atoms with Crippen LogP contribution in [0.5, 0.6) is 5.75 Å². The molecule has 0 aromatic heterocycles. The van der Waals surface area contributed by atoms with E-state index in [4.69, 9.17) is 5.73 Å². The highest BCUT2D eigenvalue weighted by Crippen LogP contribution is 2.52. The van der Waals surface area contributed by atoms with Gasteiger partial charge in [0.1, 0.15) is 22.8 Å². The highest BCUT2D eigenvalue weighted by molar-refractivity contribution is 6.24. The molecule has 6 N–H and O–H groups in total. The van der Waals surface area contributed by atoms with Gasteiger partial charge in [-0.15, -0.1) is 0 Å². The zero-order valence-corrected chi connectivity index (χ0v) is 17.4. The Bertz CT molecular complexity index is 1130. The summed E-state index contributed by atoms with van der Waals surface area (Å²) in [7, 11) is 3.63. The van der Waals surface area contributed by atoms with Crippen LogP contribution in [-0.4, -0.2) is 57.6 Å². The maximum absolute atomic E-state index is 13.4. The number of phenols is 1. The molecule has 3 aliphatic carbocycles. The smallest absolute Gasteiger partial charge is 0.255 e. The fourth-order valence-corrected chi connectivity index (χ4v) is 5.20. The van der Waals surface area contributed by atoms with Crippen LogP contribution in [0.2, 0.25) is 0 Å². The van der Waals surface area contributed by atoms with Crippen molar-refractivity contribution < 1.29 is 34.8 Å². The molecule has 1 amide bonds. The molecule has 0 heterocycles. The molecule has 3 atom stereocenters. The van der Waals surface area contributed by atoms with Crippen LogP contribution in [0, 0.1) is 18.8 Å². The van der Waals surface area contributed by atoms with Gasteiger partial charge in [0.25, 0.3) is 5.91 Å². The molecule has 0 saturated heterocycles. The maximum atomic E-state index is 13.4. The van der Waals surface area contributed by atoms with E-state index in [9.17, 15) is 34.8 Å². The first-order valence-electron chi connectivity index (χ1n) is 9.91. The van der Waals surface area contributed by atoms with Crippen LogP contribution in [0.25, 0.3) is 0 Å². The summed E-state index contributed by atoms with van der Waals surface area (Å²) in [6, 6.07) is 1.77. The molecule has 0 bridgehead atoms. The number of rotatable bonds is 2. The van der Waals surface area contributed by atoms with Gasteiger partial charge in [-0.25, -0.2) is 0 Å². The lowest BCUT2D eigenvalue weighted by Gasteiger charge is -2.45. The number of carbonyl (C=O) groups is 3. The maximum Gasteiger partial charge on any atom is 0.255 e. The van der Waals surface area contributed by atoms with E-state index in [1.807, 2.05) is 19.0 Å². The van der Waals surface area contributed by atoms with Gasteiger partial charge in [-0.3, -0.25) is 14.4 Å². The van der Waals surface area contributed by atoms with Crippen molar-refractivity contribution in [2.75, 3.05) is 19.0 Å². The quantitative estimate of drug-likeness (QED) is 0.435. The molecule has 1 unspecified atom stereocenters. The summed E-state index contributed by atoms with van der Waals surface area (Å²) < 4.78 is 0. The number of Topliss-reactive ketones (excluding diaryl/α,β-unsaturated/α-hetero) is 2. The van der Waals surface area contributed by atoms with Crippen molar-refractivity contribution in [1.82, 2.24) is 0 Å². The summed E-state index contributed by atoms with van der Waals surface area (Å²) in [4.78, 5) is 39.8. The zero-order chi connectivity index (χ0) is 23.0. The van der Waals surface area contributed by atoms with Gasteiger partial charge < -0.3 is 31.1 Å². The lowest BCUT2D eigenvalue weighted by atomic mass is 9.60. The molecule has 0 radical (unpaired) electrons. The fourth-order valence-electron chi connectivity index (χ4n) is 5.20. The van der Waals surface area contributed by atoms with Crippen molar-refractivity contribution in [2.45, 2.75) is 31.8 Å². The Morgan fingerprint density at radius 2 is 1.84 bits per heavy atom. The SMILES string of the molecule is Cc1cc(N(C)C)c2c(c1O)C(=O)C1=C(O)C3(O)C(=O)C(C(N)=O)=C(O)C[C@@H]3C[C@@H]1C2. The molecule has 1 aromatic carbocycles. The summed E-state index contributed by atoms with van der Waals surface area (Å²) in [6.45, 7) is 1.65. The van der Waals surface area contributed by atoms with E-state index in [-0.39, 0.29) is 36.1 Å². The zero-order valence-electron chi connectivity index (χ0n) is 17.4. The number of ketones is 2. The third kappa shape index (κ3) is 2.62. The Morgan fingerprint density at radius 1 is 1.19 bits per heavy atom. The lowest BCUT2D eigenvalue weighted by Crippen LogP contribution is -2.57. The van der Waals surface area contributed by atoms with Crippen molar-refractivity contribution in [1.29, 1.82) is 0 Å². The van der Waals surface area contributed by atoms with Gasteiger partial charge in [0, 0.05) is 37.7 Å². The first-order chi connectivity index (χ1) is 14.4. The number of aryl methyl sites for hydroxylation is 1. The van der Waals surface area contributed by atoms with Gasteiger partial charge in [0.15, 0.2) is 11.4 Å². The van der Waals surface area contributed by atoms with Gasteiger partial charge in [0.2, 0.25) is 5.78 Å². The van der Waals surface area contributed by atoms with E-state index in [1.54, 1.807) is 13.0 Å². The van der Waals surface area contributed by atoms with Crippen molar-refractivity contribution >= 4 is 23.2 Å². The van der Waals surface area contributed by atoms with Gasteiger partial charge in [-0.1, -0.05) is 0 Å². The largest absolute Gasteiger partial charge is 0.511 e. The summed E-state index contributed by atoms with van der Waals surface area (Å²) in [5, 5.41) is 43.0. The molecule has 9 heteroatoms. The van der Waals surface area contributed by atoms with E-state index in [0.29, 0.717) is 11.1 Å². The van der Waals surface area contributed by atoms with E-state index < -0.39 is 52.0 Å². The second-order valence-corrected chi connectivity index (χ2v) is 8.72. The van der Waals surface area contributed by atoms with E-state index in [1.165, 1.54) is 0 Å². The molecular formula is C22H24N2O7. The molecule has 4 rings (SSSR count). The highest BCUT2D eigenvalue weighted by Gasteiger charge is 2.59. The minimum absolute atomic E-state index is 0.0281. The first-order valence-corrected chi connectivity index (χ1v) is 9.91. The average molecular weight is 428 g/mol. The summed E-state index contributed by atoms with van der Waals surface area (Å²) in [5.74, 6) is -6.19. The lowest BCUT2D eigenvalue weighted by molar-refractivity contribution is -0.144. The minimum Gasteiger partial charge on any atom is -0.511 e. The number of amides is 1. The highest BCUT2D eigenvalue weighted by atomic mass is 16.3. The van der Waals surface area contributed by atoms with Crippen molar-refractivity contribution in [3.05, 3.63) is 45.4 Å². The Kier molecular flexibility index (Phi) is 4.44. The number of carbonyl (C=O) groups excluding carboxylic acids is 3. The summed E-state index contributed by atoms with van der Waals surface area (Å²) >= 11 is 0. The first kappa shape index (κ1) is 20.9. The van der Waals surface area contributed by atoms with E-state index >= 15 is 0 Å². The monoisotopic (exact) mass is 428 g/mol. The number of aromatic hydroxyl groups is 1. The normalized spacial score (nSPS) is 27.6. The van der Waals surface area contributed by atoms with Crippen molar-refractivity contribution in [3.8, 4) is 5.75 Å². The third-order valence-corrected chi connectivity index (χ3v) is 6.71. The molecule has 3 aliphatic rings. The Balaban J connectivity index is 1.94. The van der Waals surface area contributed by atoms with Crippen LogP contribution in [0.4, 0.5) is 5.69 Å². The number of nitrogens with zero attached hydrogens (tertiary/aromatic N) is 1. The third-order valence-electron chi connectivity index (χ3n) is 6.71. The van der Waals surface area contributed by atoms with Crippen LogP contribution in [0.3, 0.4) is 0 Å². The van der Waals surface area contributed by atoms with Crippen molar-refractivity contribution in [2.24, 2.45) is 17.6 Å². The summed E-state index contributed by atoms with van der Waals surface area (Å²) in [5.41, 5.74) is 3.57. The average Bonchev–Trinajstić information content (AvgIpc) is 2.66. The summed E-state index contributed by atoms with van der Waals surface area (Å²) in [6.07, 6.45) is 0.162. The number of phenolic OH excluding ortho intramolecular Hbond substituents is 1. The number of hydrogen-bond donors (Lipinski definition) is 5. The minimum atomic E-state index is -2.54. The molecule has 0 spiro atoms. The predicted octanol–water partition coefficient (Wildman–Crippen LogP) is 0.955. The molecule has 164 valence electrons. The van der Waals surface area contributed by atoms with Crippen LogP contribution < -0.4 is 10.6 Å². The van der Waals surface area contributed by atoms with Crippen LogP contribution in [0.1, 0.15) is 34.3 Å². The number of fused-ring (bicyclic) bond motifs is 3. The van der Waals surface area contributed by atoms with Gasteiger partial charge in [-0.2, -0.15) is 0 Å². The van der Waals surface area contributed by atoms with E-state index in [0.717, 1.165) is 5.69 Å². The molecule has 0 fully saturated rings. The number of aliphatic hydroxyl groups is 3. The topological polar surface area (TPSA) is 161 Å². The second-order valence-electron chi connectivity index (χ2n) is 8.72. The number of benzene rings is 1. The van der Waals surface area contributed by atoms with Gasteiger partial charge in [0.05, 0.1) is 5.56 Å². The van der Waals surface area contributed by atoms with Crippen LogP contribution in [-0.2, 0) is 16.0 Å². The van der Waals surface area contributed by atoms with E-state index in [2.05, 4.69) is 0 Å². The Morgan fingerprint density at radius 3 is 2.42 bits per heavy atom. The predicted molar refractivity (Wildman–Crippen MR) is 110 cm³/mol. The number of anilines is 1. The van der Waals surface area contributed by atoms with Gasteiger partial charge in [-0.05, 0) is 42.9 Å². The number of aliphatic hydroxyl groups excluding tert-OH is 2. The molecule has 1 aromatic rings. The molecule has 31 heavy (non-hydrogen) atoms. The Hall–Kier alpha value is -3.33. The molecule has 0 saturated carbocycles. The van der Waals surface area contributed by atoms with Crippen molar-refractivity contribution in [3.63, 3.8) is 0 Å². The second kappa shape index (κ2) is 6.58. The molecule has 9 nitrogen and oxygen atoms in total. The number of allylic oxidation sites excluding steroid dienone is 2. The van der Waals surface area contributed by atoms with Gasteiger partial charge >= 0.3 is 0 Å². The van der Waals surface area contributed by atoms with Crippen LogP contribution >= 0.6 is 0 Å². The Labute approximate surface area is 178 Å². The number of hydrogen-bond acceptors (Lipinski definition) is 8.